The molecule has 2 aliphatic rings. The van der Waals surface area contributed by atoms with E-state index in [2.05, 4.69) is 32.1 Å². The predicted molar refractivity (Wildman–Crippen MR) is 57.6 cm³/mol. The van der Waals surface area contributed by atoms with E-state index >= 15 is 0 Å². The number of rotatable bonds is 2. The summed E-state index contributed by atoms with van der Waals surface area (Å²) in [4.78, 5) is 0. The molecule has 1 atom stereocenters. The molecule has 2 aliphatic carbocycles. The van der Waals surface area contributed by atoms with Crippen molar-refractivity contribution in [2.45, 2.75) is 39.5 Å². The molecule has 0 saturated carbocycles. The molecule has 0 aromatic rings. The number of fused-ring (bicyclic) bond motifs is 1. The first-order valence-corrected chi connectivity index (χ1v) is 5.41. The minimum absolute atomic E-state index is 0.771. The van der Waals surface area contributed by atoms with Crippen LogP contribution in [0.2, 0.25) is 0 Å². The zero-order chi connectivity index (χ0) is 9.26. The molecule has 13 heavy (non-hydrogen) atoms. The van der Waals surface area contributed by atoms with Gasteiger partial charge in [-0.15, -0.1) is 0 Å². The molecule has 2 rings (SSSR count). The lowest BCUT2D eigenvalue weighted by Gasteiger charge is -2.09. The van der Waals surface area contributed by atoms with Crippen molar-refractivity contribution in [3.05, 3.63) is 34.9 Å². The maximum Gasteiger partial charge on any atom is -0.00584 e. The van der Waals surface area contributed by atoms with Crippen LogP contribution in [0.5, 0.6) is 0 Å². The third-order valence-electron chi connectivity index (χ3n) is 3.27. The second-order valence-corrected chi connectivity index (χ2v) is 4.17. The average molecular weight is 174 g/mol. The molecule has 1 unspecified atom stereocenters. The summed E-state index contributed by atoms with van der Waals surface area (Å²) in [5.74, 6) is 0.771. The molecule has 0 heterocycles. The fraction of sp³-hybridized carbons (Fsp3) is 0.538. The summed E-state index contributed by atoms with van der Waals surface area (Å²) in [6.07, 6.45) is 12.2. The smallest absolute Gasteiger partial charge is 0.00584 e. The van der Waals surface area contributed by atoms with Crippen molar-refractivity contribution in [2.24, 2.45) is 5.92 Å². The van der Waals surface area contributed by atoms with Crippen molar-refractivity contribution in [3.8, 4) is 0 Å². The van der Waals surface area contributed by atoms with Gasteiger partial charge in [0.1, 0.15) is 0 Å². The van der Waals surface area contributed by atoms with Crippen LogP contribution in [0, 0.1) is 5.92 Å². The Balaban J connectivity index is 2.19. The lowest BCUT2D eigenvalue weighted by atomic mass is 9.96. The monoisotopic (exact) mass is 174 g/mol. The topological polar surface area (TPSA) is 0 Å². The van der Waals surface area contributed by atoms with Crippen LogP contribution < -0.4 is 0 Å². The van der Waals surface area contributed by atoms with Crippen LogP contribution in [0.3, 0.4) is 0 Å². The molecular weight excluding hydrogens is 156 g/mol. The summed E-state index contributed by atoms with van der Waals surface area (Å²) in [6, 6.07) is 0. The largest absolute Gasteiger partial charge is 0.0801 e. The highest BCUT2D eigenvalue weighted by molar-refractivity contribution is 5.51. The van der Waals surface area contributed by atoms with Gasteiger partial charge in [0.05, 0.1) is 0 Å². The normalized spacial score (nSPS) is 23.1. The second kappa shape index (κ2) is 3.53. The van der Waals surface area contributed by atoms with Crippen LogP contribution in [0.1, 0.15) is 39.5 Å². The van der Waals surface area contributed by atoms with Crippen LogP contribution in [0.4, 0.5) is 0 Å². The Morgan fingerprint density at radius 3 is 2.77 bits per heavy atom. The van der Waals surface area contributed by atoms with Crippen molar-refractivity contribution < 1.29 is 0 Å². The Morgan fingerprint density at radius 2 is 2.08 bits per heavy atom. The van der Waals surface area contributed by atoms with Gasteiger partial charge >= 0.3 is 0 Å². The number of allylic oxidation sites excluding steroid dienone is 6. The van der Waals surface area contributed by atoms with Gasteiger partial charge < -0.3 is 0 Å². The maximum absolute atomic E-state index is 2.42. The first kappa shape index (κ1) is 8.80. The second-order valence-electron chi connectivity index (χ2n) is 4.17. The molecule has 0 bridgehead atoms. The summed E-state index contributed by atoms with van der Waals surface area (Å²) >= 11 is 0. The zero-order valence-electron chi connectivity index (χ0n) is 8.64. The SMILES string of the molecule is CCC(C)C1=CC2=CCCC=C2C1. The van der Waals surface area contributed by atoms with E-state index in [0.717, 1.165) is 5.92 Å². The van der Waals surface area contributed by atoms with Gasteiger partial charge in [-0.25, -0.2) is 0 Å². The van der Waals surface area contributed by atoms with Crippen molar-refractivity contribution in [1.29, 1.82) is 0 Å². The Kier molecular flexibility index (Phi) is 2.39. The van der Waals surface area contributed by atoms with Crippen LogP contribution in [0.15, 0.2) is 34.9 Å². The Labute approximate surface area is 81.0 Å². The third-order valence-corrected chi connectivity index (χ3v) is 3.27. The minimum atomic E-state index is 0.771. The molecule has 0 heteroatoms. The fourth-order valence-corrected chi connectivity index (χ4v) is 2.12. The maximum atomic E-state index is 2.42. The standard InChI is InChI=1S/C13H18/c1-3-10(2)13-8-11-6-4-5-7-12(11)9-13/h6-8,10H,3-5,9H2,1-2H3. The Morgan fingerprint density at radius 1 is 1.31 bits per heavy atom. The van der Waals surface area contributed by atoms with Crippen molar-refractivity contribution in [2.75, 3.05) is 0 Å². The molecule has 0 aliphatic heterocycles. The van der Waals surface area contributed by atoms with E-state index in [0.29, 0.717) is 0 Å². The van der Waals surface area contributed by atoms with Crippen molar-refractivity contribution in [3.63, 3.8) is 0 Å². The summed E-state index contributed by atoms with van der Waals surface area (Å²) < 4.78 is 0. The summed E-state index contributed by atoms with van der Waals surface area (Å²) in [5.41, 5.74) is 4.74. The van der Waals surface area contributed by atoms with Crippen molar-refractivity contribution in [1.82, 2.24) is 0 Å². The van der Waals surface area contributed by atoms with Gasteiger partial charge in [0, 0.05) is 0 Å². The molecule has 0 N–H and O–H groups in total. The van der Waals surface area contributed by atoms with E-state index in [1.165, 1.54) is 31.3 Å². The molecule has 70 valence electrons. The zero-order valence-corrected chi connectivity index (χ0v) is 8.64. The van der Waals surface area contributed by atoms with E-state index in [4.69, 9.17) is 0 Å². The average Bonchev–Trinajstić information content (AvgIpc) is 2.59. The molecule has 0 aromatic carbocycles. The van der Waals surface area contributed by atoms with Gasteiger partial charge in [-0.3, -0.25) is 0 Å². The van der Waals surface area contributed by atoms with E-state index in [1.54, 1.807) is 11.1 Å². The molecule has 0 radical (unpaired) electrons. The van der Waals surface area contributed by atoms with Crippen LogP contribution in [-0.4, -0.2) is 0 Å². The molecule has 0 fully saturated rings. The van der Waals surface area contributed by atoms with Crippen LogP contribution >= 0.6 is 0 Å². The van der Waals surface area contributed by atoms with E-state index < -0.39 is 0 Å². The number of hydrogen-bond acceptors (Lipinski definition) is 0. The molecule has 0 amide bonds. The first-order chi connectivity index (χ1) is 6.31. The van der Waals surface area contributed by atoms with Gasteiger partial charge in [0.2, 0.25) is 0 Å². The van der Waals surface area contributed by atoms with Crippen LogP contribution in [0.25, 0.3) is 0 Å². The molecule has 0 saturated heterocycles. The van der Waals surface area contributed by atoms with Gasteiger partial charge in [-0.1, -0.05) is 37.6 Å². The van der Waals surface area contributed by atoms with Crippen LogP contribution in [-0.2, 0) is 0 Å². The highest BCUT2D eigenvalue weighted by Crippen LogP contribution is 2.37. The summed E-state index contributed by atoms with van der Waals surface area (Å²) in [5, 5.41) is 0. The summed E-state index contributed by atoms with van der Waals surface area (Å²) in [7, 11) is 0. The fourth-order valence-electron chi connectivity index (χ4n) is 2.12. The van der Waals surface area contributed by atoms with Gasteiger partial charge in [0.25, 0.3) is 0 Å². The Bertz CT molecular complexity index is 289. The molecular formula is C13H18. The molecule has 0 spiro atoms. The van der Waals surface area contributed by atoms with E-state index in [9.17, 15) is 0 Å². The molecule has 0 nitrogen and oxygen atoms in total. The Hall–Kier alpha value is -0.780. The number of hydrogen-bond donors (Lipinski definition) is 0. The first-order valence-electron chi connectivity index (χ1n) is 5.41. The van der Waals surface area contributed by atoms with E-state index in [1.807, 2.05) is 0 Å². The highest BCUT2D eigenvalue weighted by atomic mass is 14.2. The van der Waals surface area contributed by atoms with Crippen molar-refractivity contribution >= 4 is 0 Å². The lowest BCUT2D eigenvalue weighted by Crippen LogP contribution is -1.94. The highest BCUT2D eigenvalue weighted by Gasteiger charge is 2.19. The van der Waals surface area contributed by atoms with Gasteiger partial charge in [-0.2, -0.15) is 0 Å². The minimum Gasteiger partial charge on any atom is -0.0801 e. The van der Waals surface area contributed by atoms with Gasteiger partial charge in [0.15, 0.2) is 0 Å². The summed E-state index contributed by atoms with van der Waals surface area (Å²) in [6.45, 7) is 4.61. The van der Waals surface area contributed by atoms with Gasteiger partial charge in [-0.05, 0) is 42.7 Å². The quantitative estimate of drug-likeness (QED) is 0.593. The predicted octanol–water partition coefficient (Wildman–Crippen LogP) is 4.01. The molecule has 0 aromatic heterocycles. The third kappa shape index (κ3) is 1.63. The lowest BCUT2D eigenvalue weighted by molar-refractivity contribution is 0.644. The van der Waals surface area contributed by atoms with E-state index in [-0.39, 0.29) is 0 Å².